The molecule has 158 valence electrons. The van der Waals surface area contributed by atoms with Crippen LogP contribution >= 0.6 is 0 Å². The van der Waals surface area contributed by atoms with Gasteiger partial charge in [-0.1, -0.05) is 29.4 Å². The number of carbonyl (C=O) groups is 2. The number of aromatic nitrogens is 1. The van der Waals surface area contributed by atoms with Crippen molar-refractivity contribution in [3.8, 4) is 0 Å². The summed E-state index contributed by atoms with van der Waals surface area (Å²) in [4.78, 5) is 26.7. The monoisotopic (exact) mass is 411 g/mol. The zero-order chi connectivity index (χ0) is 21.7. The Bertz CT molecular complexity index is 951. The number of β-amino-alcohol motifs (C(OH)–C–C–N with tert-alkyl or cyclic N) is 1. The number of rotatable bonds is 7. The van der Waals surface area contributed by atoms with Gasteiger partial charge in [0.05, 0.1) is 18.2 Å². The topological polar surface area (TPSA) is 146 Å². The van der Waals surface area contributed by atoms with Crippen LogP contribution in [0.25, 0.3) is 5.57 Å². The molecule has 1 aliphatic heterocycles. The average molecular weight is 411 g/mol. The largest absolute Gasteiger partial charge is 0.404 e. The van der Waals surface area contributed by atoms with E-state index in [0.717, 1.165) is 11.1 Å². The quantitative estimate of drug-likeness (QED) is 0.495. The van der Waals surface area contributed by atoms with Gasteiger partial charge in [0.15, 0.2) is 0 Å². The molecular weight excluding hydrogens is 386 g/mol. The van der Waals surface area contributed by atoms with Crippen LogP contribution < -0.4 is 11.1 Å². The van der Waals surface area contributed by atoms with Gasteiger partial charge in [0.1, 0.15) is 11.8 Å². The Morgan fingerprint density at radius 1 is 1.40 bits per heavy atom. The highest BCUT2D eigenvalue weighted by Gasteiger charge is 2.38. The molecule has 0 bridgehead atoms. The Morgan fingerprint density at radius 3 is 2.73 bits per heavy atom. The number of allylic oxidation sites excluding steroid dienone is 1. The van der Waals surface area contributed by atoms with E-state index in [-0.39, 0.29) is 37.7 Å². The van der Waals surface area contributed by atoms with Crippen molar-refractivity contribution < 1.29 is 19.2 Å². The summed E-state index contributed by atoms with van der Waals surface area (Å²) >= 11 is 0. The average Bonchev–Trinajstić information content (AvgIpc) is 3.33. The zero-order valence-electron chi connectivity index (χ0n) is 16.7. The number of aliphatic hydroxyl groups excluding tert-OH is 1. The number of likely N-dealkylation sites (tertiary alicyclic amines) is 1. The Hall–Kier alpha value is -3.46. The van der Waals surface area contributed by atoms with Gasteiger partial charge >= 0.3 is 0 Å². The Balaban J connectivity index is 1.60. The molecule has 2 heterocycles. The molecule has 0 unspecified atom stereocenters. The molecule has 1 aliphatic rings. The molecule has 30 heavy (non-hydrogen) atoms. The molecule has 3 rings (SSSR count). The van der Waals surface area contributed by atoms with Crippen molar-refractivity contribution in [3.05, 3.63) is 59.1 Å². The van der Waals surface area contributed by atoms with Crippen LogP contribution in [0, 0.1) is 12.3 Å². The number of hydrogen-bond donors (Lipinski definition) is 4. The number of hydrogen-bond acceptors (Lipinski definition) is 7. The summed E-state index contributed by atoms with van der Waals surface area (Å²) in [7, 11) is 0. The third-order valence-electron chi connectivity index (χ3n) is 4.99. The zero-order valence-corrected chi connectivity index (χ0v) is 16.7. The van der Waals surface area contributed by atoms with E-state index in [1.54, 1.807) is 13.0 Å². The fraction of sp³-hybridized carbons (Fsp3) is 0.333. The highest BCUT2D eigenvalue weighted by Crippen LogP contribution is 2.20. The highest BCUT2D eigenvalue weighted by atomic mass is 16.5. The molecule has 0 aliphatic carbocycles. The fourth-order valence-electron chi connectivity index (χ4n) is 3.44. The minimum atomic E-state index is -0.747. The predicted octanol–water partition coefficient (Wildman–Crippen LogP) is 0.753. The molecule has 2 atom stereocenters. The molecule has 1 saturated heterocycles. The van der Waals surface area contributed by atoms with Crippen molar-refractivity contribution >= 4 is 23.6 Å². The van der Waals surface area contributed by atoms with Crippen LogP contribution in [0.15, 0.2) is 41.1 Å². The van der Waals surface area contributed by atoms with Crippen molar-refractivity contribution in [2.45, 2.75) is 38.5 Å². The maximum atomic E-state index is 12.7. The number of nitrogens with one attached hydrogen (secondary N) is 2. The van der Waals surface area contributed by atoms with Gasteiger partial charge in [0, 0.05) is 43.6 Å². The predicted molar refractivity (Wildman–Crippen MR) is 110 cm³/mol. The smallest absolute Gasteiger partial charge is 0.243 e. The van der Waals surface area contributed by atoms with Crippen LogP contribution in [0.3, 0.4) is 0 Å². The van der Waals surface area contributed by atoms with E-state index in [2.05, 4.69) is 10.5 Å². The summed E-state index contributed by atoms with van der Waals surface area (Å²) in [6, 6.07) is 8.25. The second kappa shape index (κ2) is 9.36. The number of carbonyl (C=O) groups excluding carboxylic acids is 2. The van der Waals surface area contributed by atoms with Gasteiger partial charge in [-0.15, -0.1) is 0 Å². The Labute approximate surface area is 174 Å². The number of nitrogens with zero attached hydrogens (tertiary/aromatic N) is 2. The molecule has 1 aromatic heterocycles. The van der Waals surface area contributed by atoms with E-state index in [4.69, 9.17) is 15.7 Å². The first-order chi connectivity index (χ1) is 14.4. The molecular formula is C21H25N5O4. The van der Waals surface area contributed by atoms with E-state index in [1.165, 1.54) is 17.3 Å². The van der Waals surface area contributed by atoms with Gasteiger partial charge < -0.3 is 31.0 Å². The van der Waals surface area contributed by atoms with Crippen molar-refractivity contribution in [2.75, 3.05) is 6.54 Å². The minimum Gasteiger partial charge on any atom is -0.404 e. The highest BCUT2D eigenvalue weighted by molar-refractivity contribution is 6.08. The number of amides is 2. The van der Waals surface area contributed by atoms with Crippen LogP contribution in [-0.2, 0) is 22.6 Å². The lowest BCUT2D eigenvalue weighted by molar-refractivity contribution is -0.138. The van der Waals surface area contributed by atoms with Gasteiger partial charge in [0.25, 0.3) is 0 Å². The van der Waals surface area contributed by atoms with E-state index >= 15 is 0 Å². The third kappa shape index (κ3) is 4.93. The third-order valence-corrected chi connectivity index (χ3v) is 4.99. The van der Waals surface area contributed by atoms with E-state index in [1.807, 2.05) is 24.3 Å². The van der Waals surface area contributed by atoms with Gasteiger partial charge in [-0.05, 0) is 18.1 Å². The summed E-state index contributed by atoms with van der Waals surface area (Å²) in [5.74, 6) is -0.186. The molecule has 9 heteroatoms. The van der Waals surface area contributed by atoms with Crippen LogP contribution in [0.2, 0.25) is 0 Å². The molecule has 5 N–H and O–H groups in total. The van der Waals surface area contributed by atoms with Gasteiger partial charge in [-0.25, -0.2) is 0 Å². The molecule has 0 radical (unpaired) electrons. The van der Waals surface area contributed by atoms with Crippen molar-refractivity contribution in [1.29, 1.82) is 5.41 Å². The van der Waals surface area contributed by atoms with E-state index in [9.17, 15) is 14.7 Å². The van der Waals surface area contributed by atoms with Crippen molar-refractivity contribution in [2.24, 2.45) is 5.73 Å². The van der Waals surface area contributed by atoms with Gasteiger partial charge in [-0.2, -0.15) is 0 Å². The SMILES string of the molecule is Cc1cc(CC(=O)N2C[C@H](O)C[C@H]2C(=O)NCc2ccc(/C(C=N)=C/N)cc2)on1. The lowest BCUT2D eigenvalue weighted by Gasteiger charge is -2.23. The van der Waals surface area contributed by atoms with Crippen LogP contribution in [0.5, 0.6) is 0 Å². The van der Waals surface area contributed by atoms with E-state index < -0.39 is 12.1 Å². The second-order valence-electron chi connectivity index (χ2n) is 7.24. The fourth-order valence-corrected chi connectivity index (χ4v) is 3.44. The molecule has 9 nitrogen and oxygen atoms in total. The number of nitrogens with two attached hydrogens (primary N) is 1. The van der Waals surface area contributed by atoms with E-state index in [0.29, 0.717) is 17.0 Å². The Kier molecular flexibility index (Phi) is 6.63. The first-order valence-electron chi connectivity index (χ1n) is 9.60. The summed E-state index contributed by atoms with van der Waals surface area (Å²) in [6.07, 6.45) is 1.97. The maximum absolute atomic E-state index is 12.7. The number of aliphatic hydroxyl groups is 1. The lowest BCUT2D eigenvalue weighted by Crippen LogP contribution is -2.46. The summed E-state index contributed by atoms with van der Waals surface area (Å²) in [6.45, 7) is 2.15. The normalized spacial score (nSPS) is 19.0. The van der Waals surface area contributed by atoms with Crippen molar-refractivity contribution in [3.63, 3.8) is 0 Å². The lowest BCUT2D eigenvalue weighted by atomic mass is 10.1. The van der Waals surface area contributed by atoms with Crippen LogP contribution in [0.4, 0.5) is 0 Å². The second-order valence-corrected chi connectivity index (χ2v) is 7.24. The molecule has 0 saturated carbocycles. The van der Waals surface area contributed by atoms with Crippen LogP contribution in [-0.4, -0.2) is 51.9 Å². The maximum Gasteiger partial charge on any atom is 0.243 e. The molecule has 1 fully saturated rings. The molecule has 2 amide bonds. The summed E-state index contributed by atoms with van der Waals surface area (Å²) < 4.78 is 5.08. The standard InChI is InChI=1S/C21H25N5O4/c1-13-6-18(30-25-13)8-20(28)26-12-17(27)7-19(26)21(29)24-11-14-2-4-15(5-3-14)16(9-22)10-23/h2-6,9-10,17,19,22,27H,7-8,11-12,23H2,1H3,(H,24,29)/b16-10+,22-9?/t17-,19+/m1/s1. The summed E-state index contributed by atoms with van der Waals surface area (Å²) in [5, 5.41) is 23.9. The first kappa shape index (κ1) is 21.3. The molecule has 0 spiro atoms. The molecule has 1 aromatic carbocycles. The number of benzene rings is 1. The first-order valence-corrected chi connectivity index (χ1v) is 9.60. The Morgan fingerprint density at radius 2 is 2.13 bits per heavy atom. The van der Waals surface area contributed by atoms with Crippen LogP contribution in [0.1, 0.15) is 29.0 Å². The number of aryl methyl sites for hydroxylation is 1. The summed E-state index contributed by atoms with van der Waals surface area (Å²) in [5.41, 5.74) is 8.43. The van der Waals surface area contributed by atoms with Crippen molar-refractivity contribution in [1.82, 2.24) is 15.4 Å². The minimum absolute atomic E-state index is 0.0111. The van der Waals surface area contributed by atoms with Gasteiger partial charge in [0.2, 0.25) is 11.8 Å². The molecule has 2 aromatic rings. The van der Waals surface area contributed by atoms with Gasteiger partial charge in [-0.3, -0.25) is 9.59 Å².